The van der Waals surface area contributed by atoms with E-state index in [9.17, 15) is 4.79 Å². The number of nitrogens with zero attached hydrogens (tertiary/aromatic N) is 2. The van der Waals surface area contributed by atoms with Gasteiger partial charge >= 0.3 is 0 Å². The molecule has 2 heterocycles. The molecule has 1 fully saturated rings. The molecule has 7 heteroatoms. The lowest BCUT2D eigenvalue weighted by Crippen LogP contribution is -2.29. The van der Waals surface area contributed by atoms with Crippen LogP contribution in [-0.4, -0.2) is 42.5 Å². The van der Waals surface area contributed by atoms with Crippen molar-refractivity contribution in [3.8, 4) is 11.5 Å². The lowest BCUT2D eigenvalue weighted by molar-refractivity contribution is 0.0787. The van der Waals surface area contributed by atoms with Gasteiger partial charge in [0.15, 0.2) is 11.5 Å². The van der Waals surface area contributed by atoms with Crippen molar-refractivity contribution in [3.63, 3.8) is 0 Å². The van der Waals surface area contributed by atoms with Crippen molar-refractivity contribution in [2.75, 3.05) is 26.7 Å². The van der Waals surface area contributed by atoms with Crippen LogP contribution in [0.4, 0.5) is 0 Å². The minimum atomic E-state index is 0.0101. The molecule has 1 aliphatic rings. The van der Waals surface area contributed by atoms with Crippen LogP contribution in [0.1, 0.15) is 27.5 Å². The van der Waals surface area contributed by atoms with Gasteiger partial charge in [-0.3, -0.25) is 4.79 Å². The van der Waals surface area contributed by atoms with E-state index in [0.29, 0.717) is 36.1 Å². The fourth-order valence-corrected chi connectivity index (χ4v) is 3.54. The normalized spacial score (nSPS) is 16.9. The lowest BCUT2D eigenvalue weighted by Gasteiger charge is -2.17. The maximum absolute atomic E-state index is 12.7. The summed E-state index contributed by atoms with van der Waals surface area (Å²) in [6.07, 6.45) is 0.966. The number of rotatable bonds is 6. The van der Waals surface area contributed by atoms with Crippen LogP contribution >= 0.6 is 11.3 Å². The predicted molar refractivity (Wildman–Crippen MR) is 97.2 cm³/mol. The number of hydrogen-bond donors (Lipinski definition) is 1. The first-order valence-corrected chi connectivity index (χ1v) is 9.20. The summed E-state index contributed by atoms with van der Waals surface area (Å²) < 4.78 is 11.2. The van der Waals surface area contributed by atoms with Crippen molar-refractivity contribution in [2.45, 2.75) is 20.0 Å². The first-order valence-electron chi connectivity index (χ1n) is 8.32. The van der Waals surface area contributed by atoms with Crippen LogP contribution in [0.15, 0.2) is 23.6 Å². The Morgan fingerprint density at radius 1 is 1.44 bits per heavy atom. The van der Waals surface area contributed by atoms with E-state index in [1.165, 1.54) is 0 Å². The van der Waals surface area contributed by atoms with Gasteiger partial charge in [0.05, 0.1) is 17.8 Å². The maximum Gasteiger partial charge on any atom is 0.254 e. The summed E-state index contributed by atoms with van der Waals surface area (Å²) in [5.41, 5.74) is 7.19. The highest BCUT2D eigenvalue weighted by molar-refractivity contribution is 7.09. The summed E-state index contributed by atoms with van der Waals surface area (Å²) >= 11 is 1.59. The highest BCUT2D eigenvalue weighted by Gasteiger charge is 2.26. The molecule has 2 N–H and O–H groups in total. The molecule has 1 saturated heterocycles. The third-order valence-electron chi connectivity index (χ3n) is 4.36. The molecule has 0 spiro atoms. The van der Waals surface area contributed by atoms with Crippen molar-refractivity contribution in [1.82, 2.24) is 9.88 Å². The minimum Gasteiger partial charge on any atom is -0.493 e. The molecule has 1 aromatic carbocycles. The Balaban J connectivity index is 1.69. The number of hydrogen-bond acceptors (Lipinski definition) is 6. The van der Waals surface area contributed by atoms with Gasteiger partial charge in [-0.2, -0.15) is 0 Å². The number of aryl methyl sites for hydroxylation is 1. The highest BCUT2D eigenvalue weighted by atomic mass is 32.1. The van der Waals surface area contributed by atoms with Crippen molar-refractivity contribution >= 4 is 17.2 Å². The Morgan fingerprint density at radius 3 is 2.92 bits per heavy atom. The van der Waals surface area contributed by atoms with E-state index in [1.807, 2.05) is 17.2 Å². The van der Waals surface area contributed by atoms with Crippen LogP contribution < -0.4 is 15.2 Å². The quantitative estimate of drug-likeness (QED) is 0.855. The predicted octanol–water partition coefficient (Wildman–Crippen LogP) is 2.46. The molecule has 0 radical (unpaired) electrons. The fraction of sp³-hybridized carbons (Fsp3) is 0.444. The third kappa shape index (κ3) is 4.11. The third-order valence-corrected chi connectivity index (χ3v) is 5.18. The summed E-state index contributed by atoms with van der Waals surface area (Å²) in [6, 6.07) is 5.30. The number of benzene rings is 1. The lowest BCUT2D eigenvalue weighted by atomic mass is 10.1. The van der Waals surface area contributed by atoms with E-state index in [4.69, 9.17) is 15.2 Å². The smallest absolute Gasteiger partial charge is 0.254 e. The van der Waals surface area contributed by atoms with Crippen molar-refractivity contribution in [3.05, 3.63) is 39.8 Å². The zero-order valence-corrected chi connectivity index (χ0v) is 15.3. The number of amides is 1. The Labute approximate surface area is 151 Å². The number of carbonyl (C=O) groups is 1. The molecule has 1 aromatic heterocycles. The topological polar surface area (TPSA) is 77.7 Å². The number of likely N-dealkylation sites (tertiary alicyclic amines) is 1. The van der Waals surface area contributed by atoms with Gasteiger partial charge in [-0.15, -0.1) is 11.3 Å². The highest BCUT2D eigenvalue weighted by Crippen LogP contribution is 2.30. The van der Waals surface area contributed by atoms with Crippen molar-refractivity contribution in [1.29, 1.82) is 0 Å². The number of carbonyl (C=O) groups excluding carboxylic acids is 1. The molecule has 134 valence electrons. The van der Waals surface area contributed by atoms with Crippen molar-refractivity contribution in [2.24, 2.45) is 11.7 Å². The fourth-order valence-electron chi connectivity index (χ4n) is 2.94. The molecule has 0 bridgehead atoms. The van der Waals surface area contributed by atoms with E-state index < -0.39 is 0 Å². The van der Waals surface area contributed by atoms with Gasteiger partial charge in [0, 0.05) is 24.0 Å². The SMILES string of the molecule is COc1cc(C(=O)N2CC[C@@H](CN)C2)ccc1OCc1csc(C)n1. The van der Waals surface area contributed by atoms with Gasteiger partial charge < -0.3 is 20.1 Å². The van der Waals surface area contributed by atoms with Gasteiger partial charge in [0.1, 0.15) is 6.61 Å². The second-order valence-corrected chi connectivity index (χ2v) is 7.22. The van der Waals surface area contributed by atoms with E-state index >= 15 is 0 Å². The van der Waals surface area contributed by atoms with Gasteiger partial charge in [-0.1, -0.05) is 0 Å². The number of nitrogens with two attached hydrogens (primary N) is 1. The zero-order valence-electron chi connectivity index (χ0n) is 14.5. The van der Waals surface area contributed by atoms with E-state index in [1.54, 1.807) is 36.6 Å². The largest absolute Gasteiger partial charge is 0.493 e. The van der Waals surface area contributed by atoms with Gasteiger partial charge in [-0.05, 0) is 44.0 Å². The first kappa shape index (κ1) is 17.7. The summed E-state index contributed by atoms with van der Waals surface area (Å²) in [5.74, 6) is 1.56. The monoisotopic (exact) mass is 361 g/mol. The van der Waals surface area contributed by atoms with Crippen LogP contribution in [0.25, 0.3) is 0 Å². The van der Waals surface area contributed by atoms with Gasteiger partial charge in [0.25, 0.3) is 5.91 Å². The molecule has 1 aliphatic heterocycles. The average molecular weight is 361 g/mol. The van der Waals surface area contributed by atoms with Gasteiger partial charge in [-0.25, -0.2) is 4.98 Å². The Hall–Kier alpha value is -2.12. The summed E-state index contributed by atoms with van der Waals surface area (Å²) in [7, 11) is 1.57. The summed E-state index contributed by atoms with van der Waals surface area (Å²) in [6.45, 7) is 4.43. The summed E-state index contributed by atoms with van der Waals surface area (Å²) in [5, 5.41) is 2.98. The van der Waals surface area contributed by atoms with Gasteiger partial charge in [0.2, 0.25) is 0 Å². The van der Waals surface area contributed by atoms with Crippen LogP contribution in [0.5, 0.6) is 11.5 Å². The summed E-state index contributed by atoms with van der Waals surface area (Å²) in [4.78, 5) is 18.9. The van der Waals surface area contributed by atoms with E-state index in [2.05, 4.69) is 4.98 Å². The molecule has 25 heavy (non-hydrogen) atoms. The van der Waals surface area contributed by atoms with Crippen LogP contribution in [0, 0.1) is 12.8 Å². The van der Waals surface area contributed by atoms with Crippen molar-refractivity contribution < 1.29 is 14.3 Å². The molecular formula is C18H23N3O3S. The first-order chi connectivity index (χ1) is 12.1. The molecule has 6 nitrogen and oxygen atoms in total. The maximum atomic E-state index is 12.7. The standard InChI is InChI=1S/C18H23N3O3S/c1-12-20-15(11-25-12)10-24-16-4-3-14(7-17(16)23-2)18(22)21-6-5-13(8-19)9-21/h3-4,7,11,13H,5-6,8-10,19H2,1-2H3/t13-/m0/s1. The zero-order chi connectivity index (χ0) is 17.8. The molecule has 0 aliphatic carbocycles. The molecule has 2 aromatic rings. The Morgan fingerprint density at radius 2 is 2.28 bits per heavy atom. The number of ether oxygens (including phenoxy) is 2. The number of methoxy groups -OCH3 is 1. The molecule has 3 rings (SSSR count). The Kier molecular flexibility index (Phi) is 5.55. The molecule has 0 saturated carbocycles. The molecule has 1 atom stereocenters. The number of aromatic nitrogens is 1. The minimum absolute atomic E-state index is 0.0101. The van der Waals surface area contributed by atoms with E-state index in [-0.39, 0.29) is 5.91 Å². The second-order valence-electron chi connectivity index (χ2n) is 6.15. The Bertz CT molecular complexity index is 747. The molecular weight excluding hydrogens is 338 g/mol. The molecule has 1 amide bonds. The van der Waals surface area contributed by atoms with Crippen LogP contribution in [-0.2, 0) is 6.61 Å². The van der Waals surface area contributed by atoms with Crippen LogP contribution in [0.3, 0.4) is 0 Å². The van der Waals surface area contributed by atoms with Crippen LogP contribution in [0.2, 0.25) is 0 Å². The second kappa shape index (κ2) is 7.84. The molecule has 0 unspecified atom stereocenters. The van der Waals surface area contributed by atoms with E-state index in [0.717, 1.165) is 30.2 Å². The average Bonchev–Trinajstić information content (AvgIpc) is 3.28. The number of thiazole rings is 1.